The summed E-state index contributed by atoms with van der Waals surface area (Å²) in [5.74, 6) is 1.01. The minimum absolute atomic E-state index is 0. The molecule has 0 saturated heterocycles. The predicted octanol–water partition coefficient (Wildman–Crippen LogP) is 3.51. The van der Waals surface area contributed by atoms with Crippen molar-refractivity contribution in [1.29, 1.82) is 0 Å². The summed E-state index contributed by atoms with van der Waals surface area (Å²) in [5.41, 5.74) is 3.52. The number of aromatic amines is 1. The van der Waals surface area contributed by atoms with Crippen molar-refractivity contribution in [2.45, 2.75) is 0 Å². The molecule has 0 aliphatic carbocycles. The maximum Gasteiger partial charge on any atom is 0.130 e. The summed E-state index contributed by atoms with van der Waals surface area (Å²) in [4.78, 5) is 8.01. The van der Waals surface area contributed by atoms with E-state index in [0.29, 0.717) is 0 Å². The Bertz CT molecular complexity index is 777. The van der Waals surface area contributed by atoms with E-state index in [1.807, 2.05) is 0 Å². The number of hydrogen-bond acceptors (Lipinski definition) is 2. The molecular formula is C15H15Cl2N3. The molecule has 104 valence electrons. The first-order valence-electron chi connectivity index (χ1n) is 6.21. The van der Waals surface area contributed by atoms with Gasteiger partial charge in [-0.15, -0.1) is 24.8 Å². The van der Waals surface area contributed by atoms with Gasteiger partial charge in [-0.25, -0.2) is 0 Å². The zero-order chi connectivity index (χ0) is 11.9. The van der Waals surface area contributed by atoms with Crippen molar-refractivity contribution in [3.63, 3.8) is 0 Å². The largest absolute Gasteiger partial charge is 0.368 e. The zero-order valence-electron chi connectivity index (χ0n) is 10.7. The van der Waals surface area contributed by atoms with Gasteiger partial charge in [-0.2, -0.15) is 0 Å². The van der Waals surface area contributed by atoms with Gasteiger partial charge in [-0.1, -0.05) is 30.3 Å². The Morgan fingerprint density at radius 3 is 2.50 bits per heavy atom. The number of para-hydroxylation sites is 2. The van der Waals surface area contributed by atoms with E-state index in [1.165, 1.54) is 27.4 Å². The molecular weight excluding hydrogens is 293 g/mol. The molecule has 0 amide bonds. The van der Waals surface area contributed by atoms with Gasteiger partial charge < -0.3 is 10.3 Å². The van der Waals surface area contributed by atoms with Crippen LogP contribution in [0.2, 0.25) is 0 Å². The maximum absolute atomic E-state index is 4.51. The van der Waals surface area contributed by atoms with E-state index in [2.05, 4.69) is 57.8 Å². The lowest BCUT2D eigenvalue weighted by atomic mass is 10.1. The standard InChI is InChI=1S/C15H13N3.2ClH/c1-2-7-13-10(4-1)11-5-3-6-12(14(11)18-13)15-16-8-9-17-15;;/h1-7,18H,8-9H2,(H,16,17);2*1H. The van der Waals surface area contributed by atoms with Crippen molar-refractivity contribution in [2.75, 3.05) is 13.1 Å². The molecule has 0 radical (unpaired) electrons. The van der Waals surface area contributed by atoms with Crippen LogP contribution in [-0.2, 0) is 0 Å². The molecule has 3 aromatic rings. The van der Waals surface area contributed by atoms with E-state index in [1.54, 1.807) is 0 Å². The van der Waals surface area contributed by atoms with Crippen molar-refractivity contribution >= 4 is 52.5 Å². The first kappa shape index (κ1) is 14.7. The topological polar surface area (TPSA) is 40.2 Å². The normalized spacial score (nSPS) is 13.5. The molecule has 0 atom stereocenters. The third kappa shape index (κ3) is 2.13. The lowest BCUT2D eigenvalue weighted by Gasteiger charge is -2.03. The fourth-order valence-corrected chi connectivity index (χ4v) is 2.65. The minimum Gasteiger partial charge on any atom is -0.368 e. The number of fused-ring (bicyclic) bond motifs is 3. The number of aromatic nitrogens is 1. The molecule has 20 heavy (non-hydrogen) atoms. The van der Waals surface area contributed by atoms with E-state index < -0.39 is 0 Å². The van der Waals surface area contributed by atoms with Gasteiger partial charge in [0.1, 0.15) is 5.84 Å². The third-order valence-electron chi connectivity index (χ3n) is 3.47. The summed E-state index contributed by atoms with van der Waals surface area (Å²) in [6.07, 6.45) is 0. The van der Waals surface area contributed by atoms with Gasteiger partial charge in [0, 0.05) is 28.4 Å². The highest BCUT2D eigenvalue weighted by molar-refractivity contribution is 6.16. The van der Waals surface area contributed by atoms with Crippen molar-refractivity contribution in [3.05, 3.63) is 48.0 Å². The maximum atomic E-state index is 4.51. The summed E-state index contributed by atoms with van der Waals surface area (Å²) < 4.78 is 0. The van der Waals surface area contributed by atoms with E-state index in [9.17, 15) is 0 Å². The number of nitrogens with zero attached hydrogens (tertiary/aromatic N) is 1. The molecule has 2 N–H and O–H groups in total. The second-order valence-corrected chi connectivity index (χ2v) is 4.56. The lowest BCUT2D eigenvalue weighted by molar-refractivity contribution is 0.960. The molecule has 1 aliphatic heterocycles. The molecule has 0 saturated carbocycles. The van der Waals surface area contributed by atoms with Crippen LogP contribution in [0.25, 0.3) is 21.8 Å². The van der Waals surface area contributed by atoms with Gasteiger partial charge in [-0.05, 0) is 12.1 Å². The molecule has 0 spiro atoms. The highest BCUT2D eigenvalue weighted by atomic mass is 35.5. The molecule has 3 nitrogen and oxygen atoms in total. The Morgan fingerprint density at radius 2 is 1.70 bits per heavy atom. The number of nitrogens with one attached hydrogen (secondary N) is 2. The predicted molar refractivity (Wildman–Crippen MR) is 89.7 cm³/mol. The average molecular weight is 308 g/mol. The zero-order valence-corrected chi connectivity index (χ0v) is 12.4. The van der Waals surface area contributed by atoms with Crippen molar-refractivity contribution in [3.8, 4) is 0 Å². The van der Waals surface area contributed by atoms with Crippen LogP contribution in [0.5, 0.6) is 0 Å². The Hall–Kier alpha value is -1.71. The monoisotopic (exact) mass is 307 g/mol. The average Bonchev–Trinajstić information content (AvgIpc) is 3.05. The van der Waals surface area contributed by atoms with E-state index >= 15 is 0 Å². The molecule has 2 heterocycles. The number of hydrogen-bond donors (Lipinski definition) is 2. The van der Waals surface area contributed by atoms with Gasteiger partial charge in [0.05, 0.1) is 12.1 Å². The van der Waals surface area contributed by atoms with Crippen molar-refractivity contribution in [2.24, 2.45) is 4.99 Å². The Kier molecular flexibility index (Phi) is 4.21. The van der Waals surface area contributed by atoms with Crippen LogP contribution in [0.1, 0.15) is 5.56 Å². The highest BCUT2D eigenvalue weighted by Crippen LogP contribution is 2.27. The molecule has 1 aromatic heterocycles. The molecule has 5 heteroatoms. The van der Waals surface area contributed by atoms with Gasteiger partial charge >= 0.3 is 0 Å². The first-order valence-corrected chi connectivity index (χ1v) is 6.21. The van der Waals surface area contributed by atoms with E-state index in [0.717, 1.165) is 18.9 Å². The summed E-state index contributed by atoms with van der Waals surface area (Å²) in [5, 5.41) is 5.87. The molecule has 0 unspecified atom stereocenters. The number of halogens is 2. The van der Waals surface area contributed by atoms with E-state index in [-0.39, 0.29) is 24.8 Å². The molecule has 4 rings (SSSR count). The van der Waals surface area contributed by atoms with Crippen LogP contribution in [-0.4, -0.2) is 23.9 Å². The van der Waals surface area contributed by atoms with Gasteiger partial charge in [-0.3, -0.25) is 4.99 Å². The van der Waals surface area contributed by atoms with Crippen LogP contribution < -0.4 is 5.32 Å². The van der Waals surface area contributed by atoms with Crippen LogP contribution >= 0.6 is 24.8 Å². The van der Waals surface area contributed by atoms with Crippen molar-refractivity contribution in [1.82, 2.24) is 10.3 Å². The summed E-state index contributed by atoms with van der Waals surface area (Å²) in [6, 6.07) is 14.8. The third-order valence-corrected chi connectivity index (χ3v) is 3.47. The van der Waals surface area contributed by atoms with Gasteiger partial charge in [0.15, 0.2) is 0 Å². The van der Waals surface area contributed by atoms with Gasteiger partial charge in [0.2, 0.25) is 0 Å². The van der Waals surface area contributed by atoms with Crippen molar-refractivity contribution < 1.29 is 0 Å². The quantitative estimate of drug-likeness (QED) is 0.709. The Labute approximate surface area is 129 Å². The summed E-state index contributed by atoms with van der Waals surface area (Å²) in [6.45, 7) is 1.80. The Morgan fingerprint density at radius 1 is 0.900 bits per heavy atom. The minimum atomic E-state index is 0. The highest BCUT2D eigenvalue weighted by Gasteiger charge is 2.13. The number of rotatable bonds is 1. The fraction of sp³-hybridized carbons (Fsp3) is 0.133. The number of amidine groups is 1. The molecule has 0 bridgehead atoms. The first-order chi connectivity index (χ1) is 8.93. The SMILES string of the molecule is Cl.Cl.c1ccc2c(c1)[nH]c1c(C3=NCCN3)cccc12. The number of H-pyrrole nitrogens is 1. The molecule has 0 fully saturated rings. The van der Waals surface area contributed by atoms with Crippen LogP contribution in [0, 0.1) is 0 Å². The number of aliphatic imine (C=N–C) groups is 1. The van der Waals surface area contributed by atoms with Crippen LogP contribution in [0.4, 0.5) is 0 Å². The lowest BCUT2D eigenvalue weighted by Crippen LogP contribution is -2.19. The van der Waals surface area contributed by atoms with Gasteiger partial charge in [0.25, 0.3) is 0 Å². The molecule has 1 aliphatic rings. The van der Waals surface area contributed by atoms with Crippen LogP contribution in [0.3, 0.4) is 0 Å². The summed E-state index contributed by atoms with van der Waals surface area (Å²) in [7, 11) is 0. The van der Waals surface area contributed by atoms with E-state index in [4.69, 9.17) is 0 Å². The van der Waals surface area contributed by atoms with Crippen LogP contribution in [0.15, 0.2) is 47.5 Å². The molecule has 2 aromatic carbocycles. The second kappa shape index (κ2) is 5.73. The Balaban J connectivity index is 0.000000735. The number of benzene rings is 2. The summed E-state index contributed by atoms with van der Waals surface area (Å²) >= 11 is 0. The smallest absolute Gasteiger partial charge is 0.130 e. The second-order valence-electron chi connectivity index (χ2n) is 4.56. The fourth-order valence-electron chi connectivity index (χ4n) is 2.65.